The summed E-state index contributed by atoms with van der Waals surface area (Å²) in [4.78, 5) is 0. The summed E-state index contributed by atoms with van der Waals surface area (Å²) in [7, 11) is 0. The van der Waals surface area contributed by atoms with Crippen molar-refractivity contribution in [2.45, 2.75) is 217 Å². The van der Waals surface area contributed by atoms with Crippen LogP contribution in [0.4, 0.5) is 0 Å². The number of thiophene rings is 2. The van der Waals surface area contributed by atoms with Gasteiger partial charge in [0.25, 0.3) is 5.75 Å². The summed E-state index contributed by atoms with van der Waals surface area (Å²) in [5, 5.41) is 42.5. The molecule has 5 N–H and O–H groups in total. The predicted molar refractivity (Wildman–Crippen MR) is 451 cm³/mol. The minimum Gasteiger partial charge on any atom is -0.582 e. The van der Waals surface area contributed by atoms with Crippen LogP contribution < -0.4 is 0 Å². The number of aromatic hydroxyl groups is 3. The van der Waals surface area contributed by atoms with E-state index in [9.17, 15) is 10.2 Å². The number of hydrogen-bond acceptors (Lipinski definition) is 4. The molecule has 0 aliphatic heterocycles. The summed E-state index contributed by atoms with van der Waals surface area (Å²) in [6.07, 6.45) is 3.84. The van der Waals surface area contributed by atoms with Gasteiger partial charge in [-0.3, -0.25) is 9.13 Å². The van der Waals surface area contributed by atoms with Gasteiger partial charge in [-0.15, -0.1) is 46.9 Å². The average Bonchev–Trinajstić information content (AvgIpc) is 1.58. The molecule has 104 heavy (non-hydrogen) atoms. The molecule has 4 aromatic heterocycles. The van der Waals surface area contributed by atoms with E-state index in [1.165, 1.54) is 60.5 Å². The van der Waals surface area contributed by atoms with Gasteiger partial charge in [-0.05, 0) is 168 Å². The van der Waals surface area contributed by atoms with E-state index in [2.05, 4.69) is 302 Å². The third-order valence-electron chi connectivity index (χ3n) is 19.8. The Hall–Kier alpha value is -7.27. The first-order chi connectivity index (χ1) is 47.9. The van der Waals surface area contributed by atoms with E-state index >= 15 is 0 Å². The van der Waals surface area contributed by atoms with Crippen molar-refractivity contribution in [1.82, 2.24) is 9.13 Å². The maximum Gasteiger partial charge on any atom is 0.262 e. The fraction of sp³-hybridized carbons (Fsp3) is 0.389. The zero-order valence-corrected chi connectivity index (χ0v) is 72.3. The molecule has 0 saturated carbocycles. The molecule has 0 radical (unpaired) electrons. The first-order valence-electron chi connectivity index (χ1n) is 37.0. The summed E-state index contributed by atoms with van der Waals surface area (Å²) >= 11 is 3.21. The van der Waals surface area contributed by atoms with Gasteiger partial charge in [-0.1, -0.05) is 207 Å². The zero-order valence-electron chi connectivity index (χ0n) is 67.0. The van der Waals surface area contributed by atoms with E-state index < -0.39 is 0 Å². The number of aromatic nitrogens is 2. The van der Waals surface area contributed by atoms with Crippen molar-refractivity contribution in [3.05, 3.63) is 245 Å². The Kier molecular flexibility index (Phi) is 25.4. The van der Waals surface area contributed by atoms with Crippen LogP contribution in [0.5, 0.6) is 17.2 Å². The van der Waals surface area contributed by atoms with Crippen LogP contribution >= 0.6 is 22.7 Å². The Morgan fingerprint density at radius 3 is 1.01 bits per heavy atom. The molecule has 0 spiro atoms. The van der Waals surface area contributed by atoms with Crippen LogP contribution in [0.15, 0.2) is 181 Å². The molecule has 550 valence electrons. The number of nitrogens with zero attached hydrogens (tertiary/aromatic N) is 2. The largest absolute Gasteiger partial charge is 0.582 e. The monoisotopic (exact) mass is 1600 g/mol. The van der Waals surface area contributed by atoms with Gasteiger partial charge in [-0.2, -0.15) is 49.2 Å². The Balaban J connectivity index is 0.000000220. The molecule has 0 atom stereocenters. The second kappa shape index (κ2) is 32.0. The summed E-state index contributed by atoms with van der Waals surface area (Å²) < 4.78 is 9.53. The molecule has 0 aliphatic rings. The van der Waals surface area contributed by atoms with E-state index in [4.69, 9.17) is 9.84 Å². The topological polar surface area (TPSA) is 86.0 Å². The first kappa shape index (κ1) is 82.4. The normalized spacial score (nSPS) is 12.5. The molecule has 4 heterocycles. The molecule has 0 fully saturated rings. The van der Waals surface area contributed by atoms with E-state index in [1.54, 1.807) is 22.7 Å². The van der Waals surface area contributed by atoms with Crippen molar-refractivity contribution in [3.63, 3.8) is 0 Å². The minimum absolute atomic E-state index is 0. The summed E-state index contributed by atoms with van der Waals surface area (Å²) in [5.74, 6) is 1.55. The molecule has 8 aromatic carbocycles. The van der Waals surface area contributed by atoms with Crippen LogP contribution in [0.2, 0.25) is 0 Å². The van der Waals surface area contributed by atoms with E-state index in [0.717, 1.165) is 96.9 Å². The number of fused-ring (bicyclic) bond motifs is 6. The van der Waals surface area contributed by atoms with Crippen LogP contribution in [-0.4, -0.2) is 42.4 Å². The van der Waals surface area contributed by atoms with E-state index in [-0.39, 0.29) is 69.2 Å². The maximum atomic E-state index is 12.2. The SMILES string of the molecule is CC(C)(C)CC(C)(C)c1ccc([OH+]CCCC[OH2+])c(-c2csc(-n3c4ccc(C(C)(C)C)cc4c4cc(C(C)(C)C)ccc43)c2O)c1.Cc1ccc(C(C)(C)CC(C)(C)C)cc1-c1csc(-n2c3ccc(C(C)(C)C)cc3c3cc(C(C)(C)C)ccc32)c1O.[CH2-]c1ccccc1.[CH2-]c1ccccc1.[Hf]. The van der Waals surface area contributed by atoms with Gasteiger partial charge >= 0.3 is 0 Å². The van der Waals surface area contributed by atoms with Crippen LogP contribution in [0.1, 0.15) is 228 Å². The standard InChI is InChI=1S/C42H55NO3S.C39H49NOS.2C7H7.Hf/c1-39(2,3)26-42(10,11)29-16-19-36(46-21-13-12-20-44)32(24-29)33-25-47-38(37(33)45)43-34-17-14-27(40(4,5)6)22-30(34)31-23-28(41(7,8)9)15-18-35(31)43;1-24-13-14-27(39(11,12)23-36(2,3)4)21-28(24)31-22-42-35(34(31)41)40-32-17-15-25(37(5,6)7)19-29(32)30-20-26(38(8,9)10)16-18-33(30)40;2*1-7-5-3-2-4-6-7;/h14-19,22-25,44-45H,12-13,20-21,26H2,1-11H3;13-22,41H,23H2,1-12H3;2*2-6H,1H2;/q;;2*-1;/p+2. The number of hydrogen-bond donors (Lipinski definition) is 2. The maximum absolute atomic E-state index is 12.2. The average molecular weight is 1600 g/mol. The smallest absolute Gasteiger partial charge is 0.262 e. The molecule has 9 heteroatoms. The van der Waals surface area contributed by atoms with Gasteiger partial charge in [0, 0.05) is 88.2 Å². The second-order valence-electron chi connectivity index (χ2n) is 36.5. The summed E-state index contributed by atoms with van der Waals surface area (Å²) in [6, 6.07) is 60.5. The minimum atomic E-state index is -0.0480. The molecule has 0 aliphatic carbocycles. The Bertz CT molecular complexity index is 4720. The van der Waals surface area contributed by atoms with Crippen molar-refractivity contribution in [2.75, 3.05) is 13.2 Å². The molecule has 0 saturated heterocycles. The molecule has 12 rings (SSSR count). The number of ether oxygens (including phenoxy) is 1. The number of benzene rings is 8. The summed E-state index contributed by atoms with van der Waals surface area (Å²) in [5.41, 5.74) is 19.9. The van der Waals surface area contributed by atoms with Crippen molar-refractivity contribution in [1.29, 1.82) is 0 Å². The third-order valence-corrected chi connectivity index (χ3v) is 21.7. The third kappa shape index (κ3) is 19.5. The van der Waals surface area contributed by atoms with Crippen molar-refractivity contribution >= 4 is 66.3 Å². The Morgan fingerprint density at radius 2 is 0.702 bits per heavy atom. The number of aliphatic hydroxyl groups is 1. The van der Waals surface area contributed by atoms with E-state index in [1.807, 2.05) is 60.7 Å². The van der Waals surface area contributed by atoms with Crippen molar-refractivity contribution in [2.24, 2.45) is 10.8 Å². The molecular formula is C95H120HfN2O4S2. The number of rotatable bonds is 13. The Morgan fingerprint density at radius 1 is 0.385 bits per heavy atom. The zero-order chi connectivity index (χ0) is 75.7. The van der Waals surface area contributed by atoms with Crippen LogP contribution in [0.25, 0.3) is 75.9 Å². The van der Waals surface area contributed by atoms with Crippen molar-refractivity contribution in [3.8, 4) is 49.5 Å². The Labute approximate surface area is 651 Å². The van der Waals surface area contributed by atoms with Gasteiger partial charge in [0.15, 0.2) is 18.1 Å². The van der Waals surface area contributed by atoms with Crippen LogP contribution in [0, 0.1) is 31.6 Å². The van der Waals surface area contributed by atoms with Gasteiger partial charge in [-0.25, -0.2) is 0 Å². The second-order valence-corrected chi connectivity index (χ2v) is 38.2. The van der Waals surface area contributed by atoms with Crippen molar-refractivity contribution < 1.29 is 45.9 Å². The van der Waals surface area contributed by atoms with Gasteiger partial charge in [0.1, 0.15) is 16.6 Å². The quantitative estimate of drug-likeness (QED) is 0.0522. The summed E-state index contributed by atoms with van der Waals surface area (Å²) in [6.45, 7) is 61.0. The number of aryl methyl sites for hydroxylation is 1. The molecule has 0 unspecified atom stereocenters. The predicted octanol–water partition coefficient (Wildman–Crippen LogP) is 26.8. The number of unbranched alkanes of at least 4 members (excludes halogenated alkanes) is 1. The first-order valence-corrected chi connectivity index (χ1v) is 38.8. The molecular weight excluding hydrogens is 1480 g/mol. The molecule has 12 aromatic rings. The molecule has 6 nitrogen and oxygen atoms in total. The van der Waals surface area contributed by atoms with Gasteiger partial charge in [0.05, 0.1) is 27.6 Å². The molecule has 0 bridgehead atoms. The van der Waals surface area contributed by atoms with E-state index in [0.29, 0.717) is 24.7 Å². The van der Waals surface area contributed by atoms with Gasteiger partial charge in [0.2, 0.25) is 0 Å². The van der Waals surface area contributed by atoms with Crippen LogP contribution in [0.3, 0.4) is 0 Å². The van der Waals surface area contributed by atoms with Gasteiger partial charge < -0.3 is 20.1 Å². The fourth-order valence-corrected chi connectivity index (χ4v) is 16.6. The fourth-order valence-electron chi connectivity index (χ4n) is 14.6. The molecule has 0 amide bonds. The van der Waals surface area contributed by atoms with Crippen LogP contribution in [-0.2, 0) is 58.3 Å².